The van der Waals surface area contributed by atoms with E-state index in [2.05, 4.69) is 135 Å². The molecule has 4 rings (SSSR count). The molecule has 0 aliphatic carbocycles. The molecule has 2 heteroatoms. The Morgan fingerprint density at radius 1 is 0.517 bits per heavy atom. The average Bonchev–Trinajstić information content (AvgIpc) is 2.80. The van der Waals surface area contributed by atoms with E-state index in [0.29, 0.717) is 0 Å². The average molecular weight is 394 g/mol. The van der Waals surface area contributed by atoms with Crippen LogP contribution in [-0.4, -0.2) is 15.1 Å². The summed E-state index contributed by atoms with van der Waals surface area (Å²) in [7, 11) is 0.0670. The van der Waals surface area contributed by atoms with Crippen LogP contribution in [0.2, 0.25) is 6.55 Å². The van der Waals surface area contributed by atoms with Crippen LogP contribution in [0.25, 0.3) is 0 Å². The highest BCUT2D eigenvalue weighted by molar-refractivity contribution is 7.10. The minimum Gasteiger partial charge on any atom is -0.345 e. The zero-order valence-corrected chi connectivity index (χ0v) is 18.3. The minimum atomic E-state index is -2.06. The Hall–Kier alpha value is -3.10. The zero-order chi connectivity index (χ0) is 20.3. The molecule has 0 aliphatic rings. The fourth-order valence-corrected chi connectivity index (χ4v) is 7.50. The van der Waals surface area contributed by atoms with E-state index in [4.69, 9.17) is 0 Å². The summed E-state index contributed by atoms with van der Waals surface area (Å²) >= 11 is 0. The van der Waals surface area contributed by atoms with E-state index in [0.717, 1.165) is 0 Å². The van der Waals surface area contributed by atoms with Crippen LogP contribution in [0.15, 0.2) is 109 Å². The van der Waals surface area contributed by atoms with Gasteiger partial charge in [-0.05, 0) is 46.7 Å². The van der Waals surface area contributed by atoms with Gasteiger partial charge < -0.3 is 4.90 Å². The molecule has 0 saturated carbocycles. The van der Waals surface area contributed by atoms with E-state index in [1.54, 1.807) is 0 Å². The summed E-state index contributed by atoms with van der Waals surface area (Å²) in [4.78, 5) is 2.23. The molecular formula is C27H27NSi. The first-order valence-corrected chi connectivity index (χ1v) is 12.6. The molecule has 29 heavy (non-hydrogen) atoms. The van der Waals surface area contributed by atoms with Crippen LogP contribution < -0.4 is 20.5 Å². The van der Waals surface area contributed by atoms with Gasteiger partial charge in [0.05, 0.1) is 0 Å². The van der Waals surface area contributed by atoms with Crippen LogP contribution in [-0.2, 0) is 0 Å². The Morgan fingerprint density at radius 3 is 1.48 bits per heavy atom. The van der Waals surface area contributed by atoms with Crippen LogP contribution in [0, 0.1) is 6.92 Å². The lowest BCUT2D eigenvalue weighted by Crippen LogP contribution is -2.64. The molecule has 0 aromatic heterocycles. The normalized spacial score (nSPS) is 12.9. The molecular weight excluding hydrogens is 366 g/mol. The van der Waals surface area contributed by atoms with Gasteiger partial charge in [0.1, 0.15) is 8.07 Å². The number of para-hydroxylation sites is 1. The third-order valence-corrected chi connectivity index (χ3v) is 10.4. The lowest BCUT2D eigenvalue weighted by Gasteiger charge is -2.30. The first-order chi connectivity index (χ1) is 14.1. The van der Waals surface area contributed by atoms with E-state index in [9.17, 15) is 0 Å². The molecule has 0 radical (unpaired) electrons. The second-order valence-electron chi connectivity index (χ2n) is 7.80. The summed E-state index contributed by atoms with van der Waals surface area (Å²) in [5, 5.41) is 4.31. The smallest absolute Gasteiger partial charge is 0.145 e. The molecule has 0 saturated heterocycles. The summed E-state index contributed by atoms with van der Waals surface area (Å²) < 4.78 is 0. The number of rotatable bonds is 5. The van der Waals surface area contributed by atoms with Crippen LogP contribution in [0.1, 0.15) is 5.56 Å². The number of nitrogens with zero attached hydrogens (tertiary/aromatic N) is 1. The first-order valence-electron chi connectivity index (χ1n) is 10.1. The zero-order valence-electron chi connectivity index (χ0n) is 17.3. The highest BCUT2D eigenvalue weighted by Gasteiger charge is 2.33. The molecule has 0 heterocycles. The lowest BCUT2D eigenvalue weighted by atomic mass is 10.2. The molecule has 4 aromatic carbocycles. The highest BCUT2D eigenvalue weighted by Crippen LogP contribution is 2.22. The van der Waals surface area contributed by atoms with Crippen molar-refractivity contribution in [3.63, 3.8) is 0 Å². The Balaban J connectivity index is 1.77. The standard InChI is InChI=1S/C27H27NSi/c1-22-14-18-26(19-15-22)29(3,25-12-8-5-9-13-25)27-20-16-24(17-21-27)28(2)23-10-6-4-7-11-23/h4-21H,1-3H3. The van der Waals surface area contributed by atoms with Gasteiger partial charge in [0.25, 0.3) is 0 Å². The van der Waals surface area contributed by atoms with Crippen molar-refractivity contribution in [3.05, 3.63) is 115 Å². The fraction of sp³-hybridized carbons (Fsp3) is 0.111. The predicted octanol–water partition coefficient (Wildman–Crippen LogP) is 4.86. The van der Waals surface area contributed by atoms with Crippen molar-refractivity contribution >= 4 is 35.0 Å². The quantitative estimate of drug-likeness (QED) is 0.346. The number of hydrogen-bond acceptors (Lipinski definition) is 1. The Morgan fingerprint density at radius 2 is 0.931 bits per heavy atom. The van der Waals surface area contributed by atoms with E-state index in [-0.39, 0.29) is 0 Å². The van der Waals surface area contributed by atoms with E-state index in [1.165, 1.54) is 32.5 Å². The van der Waals surface area contributed by atoms with Gasteiger partial charge in [-0.3, -0.25) is 0 Å². The van der Waals surface area contributed by atoms with Gasteiger partial charge in [0.15, 0.2) is 0 Å². The maximum absolute atomic E-state index is 2.46. The van der Waals surface area contributed by atoms with Crippen molar-refractivity contribution in [1.29, 1.82) is 0 Å². The summed E-state index contributed by atoms with van der Waals surface area (Å²) in [5.41, 5.74) is 3.70. The summed E-state index contributed by atoms with van der Waals surface area (Å²) in [6, 6.07) is 39.8. The summed E-state index contributed by atoms with van der Waals surface area (Å²) in [5.74, 6) is 0. The second-order valence-corrected chi connectivity index (χ2v) is 11.8. The van der Waals surface area contributed by atoms with Gasteiger partial charge >= 0.3 is 0 Å². The van der Waals surface area contributed by atoms with E-state index >= 15 is 0 Å². The second kappa shape index (κ2) is 8.10. The summed E-state index contributed by atoms with van der Waals surface area (Å²) in [6.45, 7) is 4.61. The third kappa shape index (κ3) is 3.76. The summed E-state index contributed by atoms with van der Waals surface area (Å²) in [6.07, 6.45) is 0. The molecule has 0 bridgehead atoms. The first kappa shape index (κ1) is 19.2. The van der Waals surface area contributed by atoms with Crippen LogP contribution >= 0.6 is 0 Å². The minimum absolute atomic E-state index is 1.20. The number of aryl methyl sites for hydroxylation is 1. The van der Waals surface area contributed by atoms with Crippen molar-refractivity contribution in [1.82, 2.24) is 0 Å². The molecule has 0 aliphatic heterocycles. The fourth-order valence-electron chi connectivity index (χ4n) is 3.98. The molecule has 0 amide bonds. The Kier molecular flexibility index (Phi) is 5.37. The van der Waals surface area contributed by atoms with Gasteiger partial charge in [-0.25, -0.2) is 0 Å². The monoisotopic (exact) mass is 393 g/mol. The SMILES string of the molecule is Cc1ccc([Si](C)(c2ccccc2)c2ccc(N(C)c3ccccc3)cc2)cc1. The Labute approximate surface area is 175 Å². The van der Waals surface area contributed by atoms with Crippen molar-refractivity contribution in [3.8, 4) is 0 Å². The molecule has 1 unspecified atom stereocenters. The van der Waals surface area contributed by atoms with E-state index < -0.39 is 8.07 Å². The molecule has 1 atom stereocenters. The van der Waals surface area contributed by atoms with Gasteiger partial charge in [-0.2, -0.15) is 0 Å². The van der Waals surface area contributed by atoms with Crippen LogP contribution in [0.5, 0.6) is 0 Å². The van der Waals surface area contributed by atoms with Gasteiger partial charge in [0, 0.05) is 18.4 Å². The molecule has 144 valence electrons. The molecule has 1 nitrogen and oxygen atoms in total. The number of benzene rings is 4. The van der Waals surface area contributed by atoms with Gasteiger partial charge in [-0.15, -0.1) is 0 Å². The largest absolute Gasteiger partial charge is 0.345 e. The number of anilines is 2. The highest BCUT2D eigenvalue weighted by atomic mass is 28.3. The van der Waals surface area contributed by atoms with Crippen molar-refractivity contribution in [2.24, 2.45) is 0 Å². The Bertz CT molecular complexity index is 1060. The van der Waals surface area contributed by atoms with Crippen molar-refractivity contribution in [2.45, 2.75) is 13.5 Å². The van der Waals surface area contributed by atoms with Crippen molar-refractivity contribution < 1.29 is 0 Å². The number of hydrogen-bond donors (Lipinski definition) is 0. The topological polar surface area (TPSA) is 3.24 Å². The van der Waals surface area contributed by atoms with Gasteiger partial charge in [-0.1, -0.05) is 97.0 Å². The van der Waals surface area contributed by atoms with Crippen LogP contribution in [0.3, 0.4) is 0 Å². The maximum Gasteiger partial charge on any atom is 0.145 e. The predicted molar refractivity (Wildman–Crippen MR) is 129 cm³/mol. The van der Waals surface area contributed by atoms with Crippen molar-refractivity contribution in [2.75, 3.05) is 11.9 Å². The molecule has 0 fully saturated rings. The van der Waals surface area contributed by atoms with Gasteiger partial charge in [0.2, 0.25) is 0 Å². The maximum atomic E-state index is 2.46. The third-order valence-electron chi connectivity index (χ3n) is 5.96. The molecule has 0 N–H and O–H groups in total. The molecule has 4 aromatic rings. The van der Waals surface area contributed by atoms with Crippen LogP contribution in [0.4, 0.5) is 11.4 Å². The lowest BCUT2D eigenvalue weighted by molar-refractivity contribution is 1.21. The van der Waals surface area contributed by atoms with E-state index in [1.807, 2.05) is 0 Å². The molecule has 0 spiro atoms.